The summed E-state index contributed by atoms with van der Waals surface area (Å²) in [6, 6.07) is 15.7. The van der Waals surface area contributed by atoms with Crippen LogP contribution in [0.4, 0.5) is 5.69 Å². The largest absolute Gasteiger partial charge is 0.493 e. The molecule has 0 radical (unpaired) electrons. The van der Waals surface area contributed by atoms with E-state index in [-0.39, 0.29) is 29.9 Å². The Balaban J connectivity index is 1.28. The minimum Gasteiger partial charge on any atom is -0.493 e. The van der Waals surface area contributed by atoms with Crippen LogP contribution in [0.5, 0.6) is 0 Å². The van der Waals surface area contributed by atoms with Crippen molar-refractivity contribution in [2.75, 3.05) is 18.1 Å². The van der Waals surface area contributed by atoms with Crippen LogP contribution in [0.3, 0.4) is 0 Å². The first-order valence-electron chi connectivity index (χ1n) is 13.7. The van der Waals surface area contributed by atoms with Gasteiger partial charge in [0.15, 0.2) is 0 Å². The molecule has 0 bridgehead atoms. The maximum atomic E-state index is 13.6. The summed E-state index contributed by atoms with van der Waals surface area (Å²) in [7, 11) is 0. The SMILES string of the molecule is CC(C)C(=O)N1C(C)CN(Cc2ccccc2N2C=CNN2)CC1C(=O)NCc1ccc(C2CC=CO2)cc1. The molecule has 0 saturated carbocycles. The molecule has 9 heteroatoms. The minimum atomic E-state index is -0.570. The lowest BCUT2D eigenvalue weighted by Crippen LogP contribution is -2.64. The smallest absolute Gasteiger partial charge is 0.244 e. The van der Waals surface area contributed by atoms with Crippen LogP contribution in [0.1, 0.15) is 50.0 Å². The number of nitrogens with one attached hydrogen (secondary N) is 3. The zero-order chi connectivity index (χ0) is 27.4. The molecule has 1 saturated heterocycles. The number of carbonyl (C=O) groups excluding carboxylic acids is 2. The van der Waals surface area contributed by atoms with Gasteiger partial charge in [-0.15, -0.1) is 5.53 Å². The van der Waals surface area contributed by atoms with E-state index in [2.05, 4.69) is 45.4 Å². The van der Waals surface area contributed by atoms with Crippen molar-refractivity contribution in [3.8, 4) is 0 Å². The van der Waals surface area contributed by atoms with Crippen LogP contribution in [0.25, 0.3) is 0 Å². The van der Waals surface area contributed by atoms with Crippen molar-refractivity contribution in [1.29, 1.82) is 0 Å². The lowest BCUT2D eigenvalue weighted by atomic mass is 10.0. The molecule has 2 aromatic rings. The summed E-state index contributed by atoms with van der Waals surface area (Å²) in [5.74, 6) is -0.306. The summed E-state index contributed by atoms with van der Waals surface area (Å²) in [5.41, 5.74) is 10.4. The van der Waals surface area contributed by atoms with E-state index in [4.69, 9.17) is 4.74 Å². The second-order valence-electron chi connectivity index (χ2n) is 10.7. The number of ether oxygens (including phenoxy) is 1. The molecule has 0 aliphatic carbocycles. The quantitative estimate of drug-likeness (QED) is 0.483. The molecular formula is C30H38N6O3. The third-order valence-electron chi connectivity index (χ3n) is 7.46. The number of rotatable bonds is 8. The average molecular weight is 531 g/mol. The number of para-hydroxylation sites is 1. The van der Waals surface area contributed by atoms with Gasteiger partial charge in [0.2, 0.25) is 11.8 Å². The number of hydrogen-bond acceptors (Lipinski definition) is 7. The average Bonchev–Trinajstić information content (AvgIpc) is 3.67. The van der Waals surface area contributed by atoms with Crippen LogP contribution in [0, 0.1) is 5.92 Å². The first kappa shape index (κ1) is 26.8. The lowest BCUT2D eigenvalue weighted by molar-refractivity contribution is -0.150. The maximum absolute atomic E-state index is 13.6. The van der Waals surface area contributed by atoms with Gasteiger partial charge in [0.05, 0.1) is 11.9 Å². The van der Waals surface area contributed by atoms with E-state index < -0.39 is 6.04 Å². The summed E-state index contributed by atoms with van der Waals surface area (Å²) in [5, 5.41) is 5.04. The first-order valence-corrected chi connectivity index (χ1v) is 13.7. The van der Waals surface area contributed by atoms with Gasteiger partial charge < -0.3 is 20.4 Å². The second-order valence-corrected chi connectivity index (χ2v) is 10.7. The Hall–Kier alpha value is -3.82. The predicted molar refractivity (Wildman–Crippen MR) is 150 cm³/mol. The summed E-state index contributed by atoms with van der Waals surface area (Å²) in [6.07, 6.45) is 8.47. The van der Waals surface area contributed by atoms with E-state index in [0.29, 0.717) is 26.2 Å². The highest BCUT2D eigenvalue weighted by atomic mass is 16.5. The molecule has 2 aromatic carbocycles. The molecule has 3 atom stereocenters. The van der Waals surface area contributed by atoms with E-state index in [0.717, 1.165) is 28.8 Å². The monoisotopic (exact) mass is 530 g/mol. The molecule has 206 valence electrons. The lowest BCUT2D eigenvalue weighted by Gasteiger charge is -2.45. The molecule has 9 nitrogen and oxygen atoms in total. The molecule has 39 heavy (non-hydrogen) atoms. The molecule has 2 amide bonds. The van der Waals surface area contributed by atoms with Gasteiger partial charge in [0.1, 0.15) is 12.1 Å². The van der Waals surface area contributed by atoms with Crippen molar-refractivity contribution in [1.82, 2.24) is 26.1 Å². The molecule has 3 aliphatic rings. The van der Waals surface area contributed by atoms with Crippen LogP contribution in [0.15, 0.2) is 73.3 Å². The fourth-order valence-corrected chi connectivity index (χ4v) is 5.46. The Labute approximate surface area is 230 Å². The van der Waals surface area contributed by atoms with Crippen LogP contribution < -0.4 is 21.3 Å². The number of hydrogen-bond donors (Lipinski definition) is 3. The Bertz CT molecular complexity index is 1220. The van der Waals surface area contributed by atoms with Crippen LogP contribution >= 0.6 is 0 Å². The van der Waals surface area contributed by atoms with Crippen molar-refractivity contribution < 1.29 is 14.3 Å². The zero-order valence-corrected chi connectivity index (χ0v) is 22.8. The van der Waals surface area contributed by atoms with Crippen molar-refractivity contribution in [2.45, 2.75) is 58.5 Å². The third-order valence-corrected chi connectivity index (χ3v) is 7.46. The fourth-order valence-electron chi connectivity index (χ4n) is 5.46. The molecule has 3 unspecified atom stereocenters. The van der Waals surface area contributed by atoms with Gasteiger partial charge in [-0.3, -0.25) is 19.5 Å². The van der Waals surface area contributed by atoms with Gasteiger partial charge >= 0.3 is 0 Å². The number of benzene rings is 2. The molecular weight excluding hydrogens is 492 g/mol. The molecule has 0 spiro atoms. The topological polar surface area (TPSA) is 89.2 Å². The highest BCUT2D eigenvalue weighted by Gasteiger charge is 2.40. The summed E-state index contributed by atoms with van der Waals surface area (Å²) >= 11 is 0. The Kier molecular flexibility index (Phi) is 8.18. The molecule has 3 N–H and O–H groups in total. The number of carbonyl (C=O) groups is 2. The second kappa shape index (κ2) is 11.9. The van der Waals surface area contributed by atoms with E-state index in [1.54, 1.807) is 11.2 Å². The number of amides is 2. The van der Waals surface area contributed by atoms with E-state index in [1.807, 2.05) is 68.5 Å². The summed E-state index contributed by atoms with van der Waals surface area (Å²) < 4.78 is 5.60. The molecule has 0 aromatic heterocycles. The van der Waals surface area contributed by atoms with Crippen molar-refractivity contribution in [3.63, 3.8) is 0 Å². The van der Waals surface area contributed by atoms with E-state index >= 15 is 0 Å². The Morgan fingerprint density at radius 3 is 2.59 bits per heavy atom. The molecule has 3 aliphatic heterocycles. The Morgan fingerprint density at radius 1 is 1.10 bits per heavy atom. The highest BCUT2D eigenvalue weighted by Crippen LogP contribution is 2.27. The van der Waals surface area contributed by atoms with Gasteiger partial charge in [-0.05, 0) is 35.8 Å². The normalized spacial score (nSPS) is 22.7. The molecule has 5 rings (SSSR count). The van der Waals surface area contributed by atoms with Gasteiger partial charge in [-0.2, -0.15) is 0 Å². The molecule has 3 heterocycles. The van der Waals surface area contributed by atoms with Gasteiger partial charge in [-0.25, -0.2) is 0 Å². The van der Waals surface area contributed by atoms with Gasteiger partial charge in [-0.1, -0.05) is 56.3 Å². The minimum absolute atomic E-state index is 0.00899. The highest BCUT2D eigenvalue weighted by molar-refractivity contribution is 5.89. The van der Waals surface area contributed by atoms with Crippen LogP contribution in [-0.4, -0.2) is 46.8 Å². The Morgan fingerprint density at radius 2 is 1.90 bits per heavy atom. The first-order chi connectivity index (χ1) is 18.9. The van der Waals surface area contributed by atoms with Crippen molar-refractivity contribution in [3.05, 3.63) is 90.0 Å². The fraction of sp³-hybridized carbons (Fsp3) is 0.400. The third kappa shape index (κ3) is 6.10. The standard InChI is InChI=1S/C30H38N6O3/c1-21(2)30(38)36-22(3)18-34(19-25-7-4-5-8-26(25)35-15-14-32-33-35)20-27(36)29(37)31-17-23-10-12-24(13-11-23)28-9-6-16-39-28/h4-8,10-16,21-22,27-28,32-33H,9,17-20H2,1-3H3,(H,31,37). The van der Waals surface area contributed by atoms with Crippen molar-refractivity contribution >= 4 is 17.5 Å². The number of nitrogens with zero attached hydrogens (tertiary/aromatic N) is 3. The summed E-state index contributed by atoms with van der Waals surface area (Å²) in [6.45, 7) is 8.05. The predicted octanol–water partition coefficient (Wildman–Crippen LogP) is 3.34. The number of piperazine rings is 1. The van der Waals surface area contributed by atoms with Crippen LogP contribution in [0.2, 0.25) is 0 Å². The maximum Gasteiger partial charge on any atom is 0.244 e. The zero-order valence-electron chi connectivity index (χ0n) is 22.8. The number of anilines is 1. The number of hydrazine groups is 2. The van der Waals surface area contributed by atoms with E-state index in [9.17, 15) is 9.59 Å². The van der Waals surface area contributed by atoms with Gasteiger partial charge in [0.25, 0.3) is 0 Å². The van der Waals surface area contributed by atoms with Crippen molar-refractivity contribution in [2.24, 2.45) is 5.92 Å². The van der Waals surface area contributed by atoms with E-state index in [1.165, 1.54) is 0 Å². The van der Waals surface area contributed by atoms with Crippen LogP contribution in [-0.2, 0) is 27.4 Å². The van der Waals surface area contributed by atoms with Gasteiger partial charge in [0, 0.05) is 57.0 Å². The molecule has 1 fully saturated rings. The summed E-state index contributed by atoms with van der Waals surface area (Å²) in [4.78, 5) is 30.9.